The molecule has 0 saturated heterocycles. The van der Waals surface area contributed by atoms with Gasteiger partial charge in [-0.25, -0.2) is 0 Å². The third-order valence-corrected chi connectivity index (χ3v) is 3.24. The van der Waals surface area contributed by atoms with Crippen LogP contribution in [0.1, 0.15) is 12.5 Å². The second-order valence-electron chi connectivity index (χ2n) is 4.92. The van der Waals surface area contributed by atoms with Gasteiger partial charge < -0.3 is 4.74 Å². The standard InChI is InChI=1S/C19H11N5O/c1-14-8-16(17(10-20)11-21)9-19(25-14)7-4-15-2-5-18(6-3-15)24(12-22)13-23/h2-9H,1H3/b7-4+. The van der Waals surface area contributed by atoms with Crippen LogP contribution in [0.5, 0.6) is 0 Å². The number of rotatable bonds is 3. The van der Waals surface area contributed by atoms with E-state index in [0.29, 0.717) is 22.8 Å². The van der Waals surface area contributed by atoms with E-state index in [1.807, 2.05) is 12.1 Å². The van der Waals surface area contributed by atoms with Crippen molar-refractivity contribution in [1.82, 2.24) is 0 Å². The molecule has 0 atom stereocenters. The fraction of sp³-hybridized carbons (Fsp3) is 0.0526. The van der Waals surface area contributed by atoms with Gasteiger partial charge in [-0.2, -0.15) is 25.9 Å². The van der Waals surface area contributed by atoms with Gasteiger partial charge >= 0.3 is 0 Å². The molecule has 0 aromatic heterocycles. The Kier molecular flexibility index (Phi) is 5.36. The second kappa shape index (κ2) is 7.84. The molecule has 0 aliphatic carbocycles. The number of benzene rings is 1. The summed E-state index contributed by atoms with van der Waals surface area (Å²) in [5, 5.41) is 35.6. The van der Waals surface area contributed by atoms with E-state index in [9.17, 15) is 0 Å². The zero-order valence-electron chi connectivity index (χ0n) is 13.3. The van der Waals surface area contributed by atoms with Gasteiger partial charge in [-0.3, -0.25) is 0 Å². The lowest BCUT2D eigenvalue weighted by Gasteiger charge is -2.13. The van der Waals surface area contributed by atoms with E-state index in [2.05, 4.69) is 0 Å². The van der Waals surface area contributed by atoms with Gasteiger partial charge in [-0.15, -0.1) is 0 Å². The summed E-state index contributed by atoms with van der Waals surface area (Å²) in [4.78, 5) is 0.900. The Hall–Kier alpha value is -4.26. The fourth-order valence-electron chi connectivity index (χ4n) is 2.09. The average Bonchev–Trinajstić information content (AvgIpc) is 2.63. The van der Waals surface area contributed by atoms with Crippen molar-refractivity contribution in [1.29, 1.82) is 21.0 Å². The Labute approximate surface area is 145 Å². The molecule has 0 amide bonds. The molecule has 0 fully saturated rings. The first-order valence-electron chi connectivity index (χ1n) is 7.11. The number of nitriles is 4. The van der Waals surface area contributed by atoms with E-state index < -0.39 is 0 Å². The van der Waals surface area contributed by atoms with Crippen LogP contribution in [0, 0.1) is 45.6 Å². The van der Waals surface area contributed by atoms with E-state index in [1.54, 1.807) is 67.9 Å². The Morgan fingerprint density at radius 3 is 2.16 bits per heavy atom. The molecule has 25 heavy (non-hydrogen) atoms. The first-order chi connectivity index (χ1) is 12.1. The van der Waals surface area contributed by atoms with Gasteiger partial charge in [0.1, 0.15) is 29.2 Å². The highest BCUT2D eigenvalue weighted by molar-refractivity contribution is 5.61. The topological polar surface area (TPSA) is 108 Å². The van der Waals surface area contributed by atoms with Crippen molar-refractivity contribution in [3.05, 3.63) is 70.7 Å². The molecule has 118 valence electrons. The van der Waals surface area contributed by atoms with Crippen molar-refractivity contribution < 1.29 is 4.74 Å². The summed E-state index contributed by atoms with van der Waals surface area (Å²) >= 11 is 0. The maximum Gasteiger partial charge on any atom is 0.198 e. The molecule has 0 spiro atoms. The Balaban J connectivity index is 2.24. The van der Waals surface area contributed by atoms with E-state index in [4.69, 9.17) is 25.8 Å². The van der Waals surface area contributed by atoms with Crippen LogP contribution >= 0.6 is 0 Å². The molecule has 0 radical (unpaired) electrons. The van der Waals surface area contributed by atoms with Crippen LogP contribution in [0.3, 0.4) is 0 Å². The zero-order valence-corrected chi connectivity index (χ0v) is 13.3. The molecule has 6 heteroatoms. The third-order valence-electron chi connectivity index (χ3n) is 3.24. The number of hydrogen-bond donors (Lipinski definition) is 0. The minimum Gasteiger partial charge on any atom is -0.462 e. The first kappa shape index (κ1) is 17.1. The molecular weight excluding hydrogens is 314 g/mol. The lowest BCUT2D eigenvalue weighted by Crippen LogP contribution is -2.06. The van der Waals surface area contributed by atoms with Crippen LogP contribution in [0.25, 0.3) is 6.08 Å². The van der Waals surface area contributed by atoms with Crippen LogP contribution in [0.15, 0.2) is 65.2 Å². The summed E-state index contributed by atoms with van der Waals surface area (Å²) in [7, 11) is 0. The van der Waals surface area contributed by atoms with Crippen molar-refractivity contribution in [2.45, 2.75) is 6.92 Å². The maximum absolute atomic E-state index is 8.97. The fourth-order valence-corrected chi connectivity index (χ4v) is 2.09. The van der Waals surface area contributed by atoms with Gasteiger partial charge in [-0.05, 0) is 42.8 Å². The SMILES string of the molecule is CC1=CC(=C(C#N)C#N)C=C(/C=C/c2ccc(N(C#N)C#N)cc2)O1. The molecule has 1 aliphatic rings. The van der Waals surface area contributed by atoms with E-state index in [-0.39, 0.29) is 5.57 Å². The summed E-state index contributed by atoms with van der Waals surface area (Å²) in [6.45, 7) is 1.74. The molecule has 1 aromatic carbocycles. The first-order valence-corrected chi connectivity index (χ1v) is 7.11. The van der Waals surface area contributed by atoms with Crippen LogP contribution in [-0.4, -0.2) is 0 Å². The lowest BCUT2D eigenvalue weighted by atomic mass is 10.1. The largest absolute Gasteiger partial charge is 0.462 e. The Bertz CT molecular complexity index is 937. The number of hydrogen-bond acceptors (Lipinski definition) is 6. The highest BCUT2D eigenvalue weighted by atomic mass is 16.5. The normalized spacial score (nSPS) is 12.6. The zero-order chi connectivity index (χ0) is 18.2. The molecular formula is C19H11N5O. The van der Waals surface area contributed by atoms with Crippen LogP contribution in [0.4, 0.5) is 5.69 Å². The summed E-state index contributed by atoms with van der Waals surface area (Å²) < 4.78 is 5.56. The van der Waals surface area contributed by atoms with Gasteiger partial charge in [0.05, 0.1) is 5.69 Å². The van der Waals surface area contributed by atoms with Gasteiger partial charge in [0.25, 0.3) is 0 Å². The highest BCUT2D eigenvalue weighted by Gasteiger charge is 2.10. The van der Waals surface area contributed by atoms with Crippen molar-refractivity contribution >= 4 is 11.8 Å². The van der Waals surface area contributed by atoms with Crippen LogP contribution < -0.4 is 4.90 Å². The Morgan fingerprint density at radius 2 is 1.60 bits per heavy atom. The average molecular weight is 325 g/mol. The minimum absolute atomic E-state index is 0.0194. The monoisotopic (exact) mass is 325 g/mol. The van der Waals surface area contributed by atoms with E-state index in [1.165, 1.54) is 0 Å². The van der Waals surface area contributed by atoms with Gasteiger partial charge in [0, 0.05) is 5.57 Å². The molecule has 1 aromatic rings. The maximum atomic E-state index is 8.97. The third kappa shape index (κ3) is 4.14. The molecule has 1 heterocycles. The summed E-state index contributed by atoms with van der Waals surface area (Å²) in [5.74, 6) is 1.08. The number of allylic oxidation sites excluding steroid dienone is 6. The Morgan fingerprint density at radius 1 is 0.960 bits per heavy atom. The smallest absolute Gasteiger partial charge is 0.198 e. The molecule has 2 rings (SSSR count). The minimum atomic E-state index is 0.0194. The van der Waals surface area contributed by atoms with E-state index >= 15 is 0 Å². The summed E-state index contributed by atoms with van der Waals surface area (Å²) in [5.41, 5.74) is 1.84. The van der Waals surface area contributed by atoms with Gasteiger partial charge in [0.15, 0.2) is 12.4 Å². The molecule has 6 nitrogen and oxygen atoms in total. The summed E-state index contributed by atoms with van der Waals surface area (Å²) in [6.07, 6.45) is 10.3. The van der Waals surface area contributed by atoms with Crippen molar-refractivity contribution in [2.75, 3.05) is 4.90 Å². The molecule has 1 aliphatic heterocycles. The number of ether oxygens (including phenoxy) is 1. The second-order valence-corrected chi connectivity index (χ2v) is 4.92. The summed E-state index contributed by atoms with van der Waals surface area (Å²) in [6, 6.07) is 10.5. The van der Waals surface area contributed by atoms with E-state index in [0.717, 1.165) is 10.5 Å². The predicted octanol–water partition coefficient (Wildman–Crippen LogP) is 3.63. The highest BCUT2D eigenvalue weighted by Crippen LogP contribution is 2.23. The number of nitrogens with zero attached hydrogens (tertiary/aromatic N) is 5. The van der Waals surface area contributed by atoms with Crippen molar-refractivity contribution in [3.8, 4) is 24.5 Å². The lowest BCUT2D eigenvalue weighted by molar-refractivity contribution is 0.318. The van der Waals surface area contributed by atoms with Crippen LogP contribution in [0.2, 0.25) is 0 Å². The van der Waals surface area contributed by atoms with Crippen molar-refractivity contribution in [2.24, 2.45) is 0 Å². The molecule has 0 bridgehead atoms. The number of anilines is 1. The van der Waals surface area contributed by atoms with Gasteiger partial charge in [-0.1, -0.05) is 18.2 Å². The molecule has 0 unspecified atom stereocenters. The van der Waals surface area contributed by atoms with Crippen LogP contribution in [-0.2, 0) is 4.74 Å². The quantitative estimate of drug-likeness (QED) is 0.477. The molecule has 0 saturated carbocycles. The van der Waals surface area contributed by atoms with Gasteiger partial charge in [0.2, 0.25) is 0 Å². The predicted molar refractivity (Wildman–Crippen MR) is 90.4 cm³/mol. The molecule has 0 N–H and O–H groups in total. The van der Waals surface area contributed by atoms with Crippen molar-refractivity contribution in [3.63, 3.8) is 0 Å².